The minimum absolute atomic E-state index is 0.309. The van der Waals surface area contributed by atoms with E-state index in [1.165, 1.54) is 5.69 Å². The number of aryl methyl sites for hydroxylation is 1. The Hall–Kier alpha value is -0.680. The summed E-state index contributed by atoms with van der Waals surface area (Å²) in [7, 11) is 1.39. The summed E-state index contributed by atoms with van der Waals surface area (Å²) in [4.78, 5) is 0. The van der Waals surface area contributed by atoms with E-state index in [1.54, 1.807) is 0 Å². The third-order valence-corrected chi connectivity index (χ3v) is 4.56. The molecule has 1 aromatic rings. The average Bonchev–Trinajstić information content (AvgIpc) is 2.68. The fourth-order valence-corrected chi connectivity index (χ4v) is 3.51. The Kier molecular flexibility index (Phi) is 3.76. The highest BCUT2D eigenvalue weighted by molar-refractivity contribution is 7.85. The van der Waals surface area contributed by atoms with Gasteiger partial charge in [0.2, 0.25) is 0 Å². The maximum atomic E-state index is 11.2. The van der Waals surface area contributed by atoms with Crippen molar-refractivity contribution >= 4 is 10.8 Å². The van der Waals surface area contributed by atoms with Crippen molar-refractivity contribution in [2.45, 2.75) is 31.8 Å². The van der Waals surface area contributed by atoms with Gasteiger partial charge in [-0.3, -0.25) is 8.89 Å². The highest BCUT2D eigenvalue weighted by Gasteiger charge is 2.20. The molecule has 5 heteroatoms. The zero-order valence-corrected chi connectivity index (χ0v) is 10.7. The highest BCUT2D eigenvalue weighted by Crippen LogP contribution is 2.16. The molecule has 4 nitrogen and oxygen atoms in total. The van der Waals surface area contributed by atoms with E-state index in [9.17, 15) is 4.21 Å². The van der Waals surface area contributed by atoms with Crippen molar-refractivity contribution in [3.8, 4) is 0 Å². The number of hydrogen-bond acceptors (Lipinski definition) is 3. The lowest BCUT2D eigenvalue weighted by Gasteiger charge is -2.26. The number of nitrogens with one attached hydrogen (secondary N) is 1. The second kappa shape index (κ2) is 5.10. The van der Waals surface area contributed by atoms with Crippen molar-refractivity contribution < 1.29 is 4.21 Å². The van der Waals surface area contributed by atoms with E-state index in [0.29, 0.717) is 12.1 Å². The van der Waals surface area contributed by atoms with Gasteiger partial charge in [-0.2, -0.15) is 5.10 Å². The smallest absolute Gasteiger partial charge is 0.0547 e. The van der Waals surface area contributed by atoms with Gasteiger partial charge in [0.25, 0.3) is 0 Å². The quantitative estimate of drug-likeness (QED) is 0.858. The van der Waals surface area contributed by atoms with Crippen LogP contribution in [0.5, 0.6) is 0 Å². The van der Waals surface area contributed by atoms with E-state index >= 15 is 0 Å². The third-order valence-electron chi connectivity index (χ3n) is 3.18. The summed E-state index contributed by atoms with van der Waals surface area (Å²) in [5, 5.41) is 7.76. The molecule has 16 heavy (non-hydrogen) atoms. The van der Waals surface area contributed by atoms with Gasteiger partial charge in [-0.25, -0.2) is 0 Å². The van der Waals surface area contributed by atoms with E-state index in [0.717, 1.165) is 24.3 Å². The van der Waals surface area contributed by atoms with Crippen LogP contribution in [0.25, 0.3) is 0 Å². The van der Waals surface area contributed by atoms with Gasteiger partial charge in [-0.05, 0) is 25.8 Å². The molecule has 1 saturated heterocycles. The zero-order valence-electron chi connectivity index (χ0n) is 9.85. The molecule has 0 aromatic carbocycles. The summed E-state index contributed by atoms with van der Waals surface area (Å²) in [6.45, 7) is 2.16. The van der Waals surface area contributed by atoms with Gasteiger partial charge < -0.3 is 5.32 Å². The van der Waals surface area contributed by atoms with E-state index in [-0.39, 0.29) is 0 Å². The van der Waals surface area contributed by atoms with Gasteiger partial charge in [0.15, 0.2) is 0 Å². The van der Waals surface area contributed by atoms with Crippen LogP contribution in [0.15, 0.2) is 12.3 Å². The third kappa shape index (κ3) is 2.71. The first kappa shape index (κ1) is 11.8. The zero-order chi connectivity index (χ0) is 11.5. The second-order valence-corrected chi connectivity index (χ2v) is 6.09. The molecular formula is C11H19N3OS. The van der Waals surface area contributed by atoms with Crippen LogP contribution in [0.3, 0.4) is 0 Å². The molecule has 2 heterocycles. The molecule has 1 aromatic heterocycles. The monoisotopic (exact) mass is 241 g/mol. The Labute approximate surface area is 98.9 Å². The lowest BCUT2D eigenvalue weighted by atomic mass is 10.1. The van der Waals surface area contributed by atoms with Crippen LogP contribution in [-0.4, -0.2) is 31.5 Å². The van der Waals surface area contributed by atoms with Gasteiger partial charge in [0, 0.05) is 47.6 Å². The summed E-state index contributed by atoms with van der Waals surface area (Å²) < 4.78 is 13.1. The van der Waals surface area contributed by atoms with Crippen molar-refractivity contribution in [3.63, 3.8) is 0 Å². The minimum atomic E-state index is -0.574. The van der Waals surface area contributed by atoms with Crippen molar-refractivity contribution in [2.75, 3.05) is 11.5 Å². The molecule has 1 aliphatic rings. The molecule has 1 aliphatic heterocycles. The number of hydrogen-bond donors (Lipinski definition) is 1. The molecule has 1 unspecified atom stereocenters. The van der Waals surface area contributed by atoms with Gasteiger partial charge in [0.1, 0.15) is 0 Å². The summed E-state index contributed by atoms with van der Waals surface area (Å²) in [6.07, 6.45) is 3.87. The lowest BCUT2D eigenvalue weighted by molar-refractivity contribution is 0.413. The molecule has 0 amide bonds. The fraction of sp³-hybridized carbons (Fsp3) is 0.727. The number of aromatic nitrogens is 2. The highest BCUT2D eigenvalue weighted by atomic mass is 32.2. The maximum absolute atomic E-state index is 11.2. The SMILES string of the molecule is CC(NC1CCS(=O)CC1)c1ccnn1C. The van der Waals surface area contributed by atoms with Crippen LogP contribution in [-0.2, 0) is 17.8 Å². The van der Waals surface area contributed by atoms with Crippen LogP contribution in [0.2, 0.25) is 0 Å². The molecule has 1 atom stereocenters. The average molecular weight is 241 g/mol. The van der Waals surface area contributed by atoms with Gasteiger partial charge in [0.05, 0.1) is 5.69 Å². The Morgan fingerprint density at radius 1 is 1.56 bits per heavy atom. The standard InChI is InChI=1S/C11H19N3OS/c1-9(11-3-6-12-14(11)2)13-10-4-7-16(15)8-5-10/h3,6,9-10,13H,4-5,7-8H2,1-2H3. The first-order valence-corrected chi connectivity index (χ1v) is 7.24. The number of rotatable bonds is 3. The first-order chi connectivity index (χ1) is 7.66. The fourth-order valence-electron chi connectivity index (χ4n) is 2.21. The Morgan fingerprint density at radius 3 is 2.81 bits per heavy atom. The van der Waals surface area contributed by atoms with Crippen molar-refractivity contribution in [1.82, 2.24) is 15.1 Å². The molecular weight excluding hydrogens is 222 g/mol. The first-order valence-electron chi connectivity index (χ1n) is 5.75. The van der Waals surface area contributed by atoms with Crippen molar-refractivity contribution in [2.24, 2.45) is 7.05 Å². The van der Waals surface area contributed by atoms with Crippen LogP contribution >= 0.6 is 0 Å². The second-order valence-electron chi connectivity index (χ2n) is 4.39. The molecule has 0 aliphatic carbocycles. The van der Waals surface area contributed by atoms with Gasteiger partial charge in [-0.15, -0.1) is 0 Å². The minimum Gasteiger partial charge on any atom is -0.306 e. The molecule has 0 saturated carbocycles. The summed E-state index contributed by atoms with van der Waals surface area (Å²) in [5.74, 6) is 1.69. The van der Waals surface area contributed by atoms with Crippen molar-refractivity contribution in [1.29, 1.82) is 0 Å². The predicted octanol–water partition coefficient (Wildman–Crippen LogP) is 0.982. The molecule has 1 fully saturated rings. The lowest BCUT2D eigenvalue weighted by Crippen LogP contribution is -2.37. The van der Waals surface area contributed by atoms with Crippen molar-refractivity contribution in [3.05, 3.63) is 18.0 Å². The maximum Gasteiger partial charge on any atom is 0.0547 e. The summed E-state index contributed by atoms with van der Waals surface area (Å²) in [6, 6.07) is 2.85. The Balaban J connectivity index is 1.90. The molecule has 0 radical (unpaired) electrons. The molecule has 2 rings (SSSR count). The normalized spacial score (nSPS) is 27.9. The number of nitrogens with zero attached hydrogens (tertiary/aromatic N) is 2. The van der Waals surface area contributed by atoms with E-state index in [4.69, 9.17) is 0 Å². The Bertz CT molecular complexity index is 367. The Morgan fingerprint density at radius 2 is 2.25 bits per heavy atom. The molecule has 90 valence electrons. The molecule has 0 spiro atoms. The van der Waals surface area contributed by atoms with E-state index in [1.807, 2.05) is 24.0 Å². The van der Waals surface area contributed by atoms with E-state index < -0.39 is 10.8 Å². The summed E-state index contributed by atoms with van der Waals surface area (Å²) in [5.41, 5.74) is 1.20. The van der Waals surface area contributed by atoms with Crippen LogP contribution in [0.1, 0.15) is 31.5 Å². The van der Waals surface area contributed by atoms with Crippen LogP contribution in [0, 0.1) is 0 Å². The van der Waals surface area contributed by atoms with Crippen LogP contribution < -0.4 is 5.32 Å². The molecule has 1 N–H and O–H groups in total. The summed E-state index contributed by atoms with van der Waals surface area (Å²) >= 11 is 0. The largest absolute Gasteiger partial charge is 0.306 e. The van der Waals surface area contributed by atoms with Gasteiger partial charge in [-0.1, -0.05) is 0 Å². The topological polar surface area (TPSA) is 46.9 Å². The van der Waals surface area contributed by atoms with Crippen LogP contribution in [0.4, 0.5) is 0 Å². The van der Waals surface area contributed by atoms with Gasteiger partial charge >= 0.3 is 0 Å². The molecule has 0 bridgehead atoms. The van der Waals surface area contributed by atoms with E-state index in [2.05, 4.69) is 17.3 Å². The predicted molar refractivity (Wildman–Crippen MR) is 65.7 cm³/mol.